The fraction of sp³-hybridized carbons (Fsp3) is 0.286. The van der Waals surface area contributed by atoms with E-state index < -0.39 is 5.97 Å². The molecule has 0 aliphatic carbocycles. The molecule has 1 N–H and O–H groups in total. The molecule has 0 aliphatic heterocycles. The summed E-state index contributed by atoms with van der Waals surface area (Å²) < 4.78 is 9.95. The van der Waals surface area contributed by atoms with Crippen LogP contribution in [-0.4, -0.2) is 19.7 Å². The molecule has 100 valence electrons. The Kier molecular flexibility index (Phi) is 5.42. The molecule has 0 heterocycles. The molecule has 0 aliphatic rings. The van der Waals surface area contributed by atoms with Crippen LogP contribution < -0.4 is 10.1 Å². The highest BCUT2D eigenvalue weighted by atomic mass is 16.5. The van der Waals surface area contributed by atoms with Crippen LogP contribution in [0, 0.1) is 18.3 Å². The molecule has 0 radical (unpaired) electrons. The Morgan fingerprint density at radius 2 is 2.26 bits per heavy atom. The molecule has 1 aromatic carbocycles. The summed E-state index contributed by atoms with van der Waals surface area (Å²) in [7, 11) is 1.55. The summed E-state index contributed by atoms with van der Waals surface area (Å²) in [6.45, 7) is 3.85. The lowest BCUT2D eigenvalue weighted by Gasteiger charge is -2.09. The van der Waals surface area contributed by atoms with Gasteiger partial charge in [-0.3, -0.25) is 0 Å². The lowest BCUT2D eigenvalue weighted by atomic mass is 10.2. The first-order valence-electron chi connectivity index (χ1n) is 5.81. The SMILES string of the molecule is CCOC(=O)/C(C#N)=C\Nc1cc(C)ccc1OC. The number of hydrogen-bond donors (Lipinski definition) is 1. The van der Waals surface area contributed by atoms with Crippen molar-refractivity contribution in [3.05, 3.63) is 35.5 Å². The lowest BCUT2D eigenvalue weighted by Crippen LogP contribution is -2.08. The number of rotatable bonds is 5. The Morgan fingerprint density at radius 3 is 2.84 bits per heavy atom. The number of ether oxygens (including phenoxy) is 2. The molecule has 5 nitrogen and oxygen atoms in total. The van der Waals surface area contributed by atoms with Crippen molar-refractivity contribution in [2.45, 2.75) is 13.8 Å². The molecule has 0 unspecified atom stereocenters. The predicted molar refractivity (Wildman–Crippen MR) is 71.7 cm³/mol. The van der Waals surface area contributed by atoms with Crippen molar-refractivity contribution in [2.75, 3.05) is 19.0 Å². The Morgan fingerprint density at radius 1 is 1.53 bits per heavy atom. The molecule has 0 saturated carbocycles. The van der Waals surface area contributed by atoms with Crippen molar-refractivity contribution in [3.63, 3.8) is 0 Å². The highest BCUT2D eigenvalue weighted by Crippen LogP contribution is 2.25. The highest BCUT2D eigenvalue weighted by Gasteiger charge is 2.10. The average molecular weight is 260 g/mol. The summed E-state index contributed by atoms with van der Waals surface area (Å²) in [4.78, 5) is 11.4. The monoisotopic (exact) mass is 260 g/mol. The first kappa shape index (κ1) is 14.6. The number of carbonyl (C=O) groups excluding carboxylic acids is 1. The third-order valence-corrected chi connectivity index (χ3v) is 2.34. The maximum atomic E-state index is 11.4. The van der Waals surface area contributed by atoms with Gasteiger partial charge in [-0.1, -0.05) is 6.07 Å². The summed E-state index contributed by atoms with van der Waals surface area (Å²) in [5, 5.41) is 11.8. The molecule has 0 spiro atoms. The van der Waals surface area contributed by atoms with Gasteiger partial charge >= 0.3 is 5.97 Å². The number of hydrogen-bond acceptors (Lipinski definition) is 5. The van der Waals surface area contributed by atoms with Crippen LogP contribution in [0.2, 0.25) is 0 Å². The maximum absolute atomic E-state index is 11.4. The first-order valence-corrected chi connectivity index (χ1v) is 5.81. The molecule has 1 rings (SSSR count). The van der Waals surface area contributed by atoms with E-state index in [1.54, 1.807) is 20.1 Å². The summed E-state index contributed by atoms with van der Waals surface area (Å²) in [5.74, 6) is -0.0212. The molecule has 0 amide bonds. The van der Waals surface area contributed by atoms with Crippen molar-refractivity contribution in [1.29, 1.82) is 5.26 Å². The Labute approximate surface area is 112 Å². The van der Waals surface area contributed by atoms with Gasteiger partial charge in [0.05, 0.1) is 19.4 Å². The van der Waals surface area contributed by atoms with E-state index in [1.807, 2.05) is 25.1 Å². The van der Waals surface area contributed by atoms with Crippen molar-refractivity contribution in [2.24, 2.45) is 0 Å². The van der Waals surface area contributed by atoms with Gasteiger partial charge < -0.3 is 14.8 Å². The van der Waals surface area contributed by atoms with E-state index in [4.69, 9.17) is 14.7 Å². The minimum Gasteiger partial charge on any atom is -0.495 e. The zero-order valence-corrected chi connectivity index (χ0v) is 11.2. The van der Waals surface area contributed by atoms with Gasteiger partial charge in [0, 0.05) is 6.20 Å². The van der Waals surface area contributed by atoms with E-state index in [9.17, 15) is 4.79 Å². The van der Waals surface area contributed by atoms with E-state index in [1.165, 1.54) is 6.20 Å². The second-order valence-electron chi connectivity index (χ2n) is 3.74. The second-order valence-corrected chi connectivity index (χ2v) is 3.74. The normalized spacial score (nSPS) is 10.5. The van der Waals surface area contributed by atoms with Gasteiger partial charge in [-0.15, -0.1) is 0 Å². The van der Waals surface area contributed by atoms with E-state index in [0.29, 0.717) is 11.4 Å². The number of carbonyl (C=O) groups is 1. The molecule has 0 aromatic heterocycles. The van der Waals surface area contributed by atoms with Gasteiger partial charge in [0.1, 0.15) is 11.8 Å². The zero-order chi connectivity index (χ0) is 14.3. The van der Waals surface area contributed by atoms with Crippen LogP contribution in [0.5, 0.6) is 5.75 Å². The standard InChI is InChI=1S/C14H16N2O3/c1-4-19-14(17)11(8-15)9-16-12-7-10(2)5-6-13(12)18-3/h5-7,9,16H,4H2,1-3H3/b11-9-. The third-order valence-electron chi connectivity index (χ3n) is 2.34. The van der Waals surface area contributed by atoms with Crippen molar-refractivity contribution < 1.29 is 14.3 Å². The van der Waals surface area contributed by atoms with E-state index in [0.717, 1.165) is 5.56 Å². The van der Waals surface area contributed by atoms with Crippen molar-refractivity contribution in [1.82, 2.24) is 0 Å². The smallest absolute Gasteiger partial charge is 0.350 e. The van der Waals surface area contributed by atoms with Crippen LogP contribution in [0.15, 0.2) is 30.0 Å². The summed E-state index contributed by atoms with van der Waals surface area (Å²) in [6.07, 6.45) is 1.31. The van der Waals surface area contributed by atoms with Gasteiger partial charge in [0.25, 0.3) is 0 Å². The molecule has 0 saturated heterocycles. The zero-order valence-electron chi connectivity index (χ0n) is 11.2. The summed E-state index contributed by atoms with van der Waals surface area (Å²) >= 11 is 0. The average Bonchev–Trinajstić information content (AvgIpc) is 2.40. The molecular formula is C14H16N2O3. The van der Waals surface area contributed by atoms with Crippen LogP contribution >= 0.6 is 0 Å². The molecule has 19 heavy (non-hydrogen) atoms. The number of nitrogens with one attached hydrogen (secondary N) is 1. The number of anilines is 1. The van der Waals surface area contributed by atoms with Crippen LogP contribution in [0.25, 0.3) is 0 Å². The predicted octanol–water partition coefficient (Wildman–Crippen LogP) is 2.39. The van der Waals surface area contributed by atoms with Crippen LogP contribution in [0.4, 0.5) is 5.69 Å². The molecule has 0 atom stereocenters. The Balaban J connectivity index is 2.93. The van der Waals surface area contributed by atoms with Gasteiger partial charge in [-0.25, -0.2) is 4.79 Å². The first-order chi connectivity index (χ1) is 9.12. The molecule has 0 fully saturated rings. The number of esters is 1. The Hall–Kier alpha value is -2.48. The molecule has 1 aromatic rings. The number of aryl methyl sites for hydroxylation is 1. The minimum atomic E-state index is -0.649. The quantitative estimate of drug-likeness (QED) is 0.500. The largest absolute Gasteiger partial charge is 0.495 e. The molecule has 0 bridgehead atoms. The van der Waals surface area contributed by atoms with Gasteiger partial charge in [0.15, 0.2) is 5.57 Å². The van der Waals surface area contributed by atoms with Gasteiger partial charge in [-0.05, 0) is 31.5 Å². The summed E-state index contributed by atoms with van der Waals surface area (Å²) in [5.41, 5.74) is 1.62. The number of nitrogens with zero attached hydrogens (tertiary/aromatic N) is 1. The number of nitriles is 1. The lowest BCUT2D eigenvalue weighted by molar-refractivity contribution is -0.138. The number of methoxy groups -OCH3 is 1. The Bertz CT molecular complexity index is 530. The van der Waals surface area contributed by atoms with Gasteiger partial charge in [-0.2, -0.15) is 5.26 Å². The second kappa shape index (κ2) is 7.07. The summed E-state index contributed by atoms with van der Waals surface area (Å²) in [6, 6.07) is 7.36. The third kappa shape index (κ3) is 4.03. The number of benzene rings is 1. The molecular weight excluding hydrogens is 244 g/mol. The maximum Gasteiger partial charge on any atom is 0.350 e. The van der Waals surface area contributed by atoms with Crippen LogP contribution in [0.1, 0.15) is 12.5 Å². The fourth-order valence-electron chi connectivity index (χ4n) is 1.43. The van der Waals surface area contributed by atoms with Crippen LogP contribution in [-0.2, 0) is 9.53 Å². The van der Waals surface area contributed by atoms with Crippen molar-refractivity contribution in [3.8, 4) is 11.8 Å². The van der Waals surface area contributed by atoms with Crippen LogP contribution in [0.3, 0.4) is 0 Å². The van der Waals surface area contributed by atoms with Crippen molar-refractivity contribution >= 4 is 11.7 Å². The van der Waals surface area contributed by atoms with Gasteiger partial charge in [0.2, 0.25) is 0 Å². The highest BCUT2D eigenvalue weighted by molar-refractivity contribution is 5.93. The topological polar surface area (TPSA) is 71.4 Å². The van der Waals surface area contributed by atoms with E-state index >= 15 is 0 Å². The minimum absolute atomic E-state index is 0.0922. The fourth-order valence-corrected chi connectivity index (χ4v) is 1.43. The van der Waals surface area contributed by atoms with E-state index in [-0.39, 0.29) is 12.2 Å². The van der Waals surface area contributed by atoms with E-state index in [2.05, 4.69) is 5.32 Å². The molecule has 5 heteroatoms.